The van der Waals surface area contributed by atoms with E-state index < -0.39 is 26.6 Å². The van der Waals surface area contributed by atoms with Gasteiger partial charge in [0.2, 0.25) is 0 Å². The molecule has 0 aliphatic carbocycles. The molecule has 0 aromatic heterocycles. The van der Waals surface area contributed by atoms with Crippen LogP contribution in [0.1, 0.15) is 0 Å². The van der Waals surface area contributed by atoms with E-state index in [2.05, 4.69) is 4.72 Å². The molecule has 0 amide bonds. The second kappa shape index (κ2) is 5.26. The van der Waals surface area contributed by atoms with E-state index in [1.54, 1.807) is 0 Å². The maximum Gasteiger partial charge on any atom is 0.264 e. The first-order valence-corrected chi connectivity index (χ1v) is 7.18. The first-order chi connectivity index (χ1) is 9.29. The Morgan fingerprint density at radius 2 is 1.80 bits per heavy atom. The third-order valence-corrected chi connectivity index (χ3v) is 4.17. The van der Waals surface area contributed by atoms with E-state index in [0.717, 1.165) is 12.1 Å². The lowest BCUT2D eigenvalue weighted by molar-refractivity contribution is 0.555. The highest BCUT2D eigenvalue weighted by atomic mass is 35.5. The molecule has 0 fully saturated rings. The van der Waals surface area contributed by atoms with Gasteiger partial charge >= 0.3 is 0 Å². The number of benzene rings is 2. The van der Waals surface area contributed by atoms with E-state index in [1.807, 2.05) is 0 Å². The molecule has 0 aliphatic rings. The zero-order valence-corrected chi connectivity index (χ0v) is 11.5. The van der Waals surface area contributed by atoms with Gasteiger partial charge in [0.15, 0.2) is 0 Å². The molecular formula is C12H9ClF2N2O2S. The van der Waals surface area contributed by atoms with Crippen LogP contribution in [0.5, 0.6) is 0 Å². The van der Waals surface area contributed by atoms with Crippen LogP contribution in [-0.2, 0) is 10.0 Å². The summed E-state index contributed by atoms with van der Waals surface area (Å²) in [6.07, 6.45) is 0. The second-order valence-corrected chi connectivity index (χ2v) is 5.97. The van der Waals surface area contributed by atoms with E-state index in [-0.39, 0.29) is 16.4 Å². The van der Waals surface area contributed by atoms with Crippen molar-refractivity contribution in [2.24, 2.45) is 0 Å². The normalized spacial score (nSPS) is 11.3. The number of hydrogen-bond acceptors (Lipinski definition) is 3. The van der Waals surface area contributed by atoms with Gasteiger partial charge in [-0.05, 0) is 36.4 Å². The van der Waals surface area contributed by atoms with E-state index in [4.69, 9.17) is 17.3 Å². The largest absolute Gasteiger partial charge is 0.397 e. The van der Waals surface area contributed by atoms with Crippen molar-refractivity contribution in [3.63, 3.8) is 0 Å². The minimum Gasteiger partial charge on any atom is -0.397 e. The van der Waals surface area contributed by atoms with Crippen LogP contribution in [0.3, 0.4) is 0 Å². The number of anilines is 2. The van der Waals surface area contributed by atoms with Crippen LogP contribution in [0.4, 0.5) is 20.2 Å². The highest BCUT2D eigenvalue weighted by Crippen LogP contribution is 2.25. The summed E-state index contributed by atoms with van der Waals surface area (Å²) in [7, 11) is -4.26. The Hall–Kier alpha value is -1.86. The molecule has 0 bridgehead atoms. The average Bonchev–Trinajstić information content (AvgIpc) is 2.36. The summed E-state index contributed by atoms with van der Waals surface area (Å²) in [5.74, 6) is -1.91. The Morgan fingerprint density at radius 1 is 1.10 bits per heavy atom. The fraction of sp³-hybridized carbons (Fsp3) is 0. The van der Waals surface area contributed by atoms with E-state index in [1.165, 1.54) is 18.2 Å². The summed E-state index contributed by atoms with van der Waals surface area (Å²) < 4.78 is 52.6. The van der Waals surface area contributed by atoms with Crippen LogP contribution in [0.25, 0.3) is 0 Å². The second-order valence-electron chi connectivity index (χ2n) is 3.92. The average molecular weight is 319 g/mol. The van der Waals surface area contributed by atoms with Crippen molar-refractivity contribution in [3.8, 4) is 0 Å². The fourth-order valence-corrected chi connectivity index (χ4v) is 2.76. The van der Waals surface area contributed by atoms with Gasteiger partial charge in [0.25, 0.3) is 10.0 Å². The van der Waals surface area contributed by atoms with Crippen molar-refractivity contribution in [1.29, 1.82) is 0 Å². The van der Waals surface area contributed by atoms with Crippen LogP contribution < -0.4 is 10.5 Å². The molecular weight excluding hydrogens is 310 g/mol. The minimum absolute atomic E-state index is 0.0931. The number of hydrogen-bond donors (Lipinski definition) is 2. The summed E-state index contributed by atoms with van der Waals surface area (Å²) in [6.45, 7) is 0. The third-order valence-electron chi connectivity index (χ3n) is 2.43. The molecule has 2 aromatic rings. The van der Waals surface area contributed by atoms with Gasteiger partial charge in [0, 0.05) is 0 Å². The summed E-state index contributed by atoms with van der Waals surface area (Å²) in [5, 5.41) is 0.255. The smallest absolute Gasteiger partial charge is 0.264 e. The van der Waals surface area contributed by atoms with Gasteiger partial charge in [-0.15, -0.1) is 0 Å². The molecule has 0 saturated heterocycles. The monoisotopic (exact) mass is 318 g/mol. The zero-order valence-electron chi connectivity index (χ0n) is 9.90. The topological polar surface area (TPSA) is 72.2 Å². The fourth-order valence-electron chi connectivity index (χ4n) is 1.50. The first kappa shape index (κ1) is 14.5. The van der Waals surface area contributed by atoms with Gasteiger partial charge < -0.3 is 5.73 Å². The quantitative estimate of drug-likeness (QED) is 0.854. The predicted octanol–water partition coefficient (Wildman–Crippen LogP) is 3.00. The van der Waals surface area contributed by atoms with Crippen molar-refractivity contribution < 1.29 is 17.2 Å². The Balaban J connectivity index is 2.40. The van der Waals surface area contributed by atoms with Crippen LogP contribution in [0.15, 0.2) is 41.3 Å². The minimum atomic E-state index is -4.26. The van der Waals surface area contributed by atoms with Crippen molar-refractivity contribution in [2.75, 3.05) is 10.5 Å². The molecule has 0 unspecified atom stereocenters. The Kier molecular flexibility index (Phi) is 3.82. The third kappa shape index (κ3) is 3.00. The van der Waals surface area contributed by atoms with Gasteiger partial charge in [-0.1, -0.05) is 11.6 Å². The van der Waals surface area contributed by atoms with Gasteiger partial charge in [-0.2, -0.15) is 0 Å². The standard InChI is InChI=1S/C12H9ClF2N2O2S/c13-9-3-2-8(6-11(9)16)17-20(18,19)12-5-7(14)1-4-10(12)15/h1-6,17H,16H2. The maximum absolute atomic E-state index is 13.5. The number of nitrogen functional groups attached to an aromatic ring is 1. The molecule has 0 aliphatic heterocycles. The number of rotatable bonds is 3. The first-order valence-electron chi connectivity index (χ1n) is 5.32. The Bertz CT molecular complexity index is 766. The van der Waals surface area contributed by atoms with Crippen molar-refractivity contribution >= 4 is 33.0 Å². The number of halogens is 3. The van der Waals surface area contributed by atoms with E-state index in [9.17, 15) is 17.2 Å². The molecule has 8 heteroatoms. The van der Waals surface area contributed by atoms with Crippen molar-refractivity contribution in [1.82, 2.24) is 0 Å². The molecule has 2 aromatic carbocycles. The number of nitrogens with one attached hydrogen (secondary N) is 1. The summed E-state index contributed by atoms with van der Waals surface area (Å²) in [4.78, 5) is -0.786. The van der Waals surface area contributed by atoms with Crippen LogP contribution in [-0.4, -0.2) is 8.42 Å². The van der Waals surface area contributed by atoms with E-state index >= 15 is 0 Å². The van der Waals surface area contributed by atoms with E-state index in [0.29, 0.717) is 6.07 Å². The molecule has 0 atom stereocenters. The Labute approximate surface area is 119 Å². The van der Waals surface area contributed by atoms with Gasteiger partial charge in [0.1, 0.15) is 16.5 Å². The Morgan fingerprint density at radius 3 is 2.45 bits per heavy atom. The molecule has 0 heterocycles. The lowest BCUT2D eigenvalue weighted by atomic mass is 10.3. The molecule has 3 N–H and O–H groups in total. The molecule has 0 saturated carbocycles. The summed E-state index contributed by atoms with van der Waals surface area (Å²) >= 11 is 5.70. The summed E-state index contributed by atoms with van der Waals surface area (Å²) in [5.41, 5.74) is 5.78. The molecule has 2 rings (SSSR count). The highest BCUT2D eigenvalue weighted by molar-refractivity contribution is 7.92. The van der Waals surface area contributed by atoms with Crippen molar-refractivity contribution in [3.05, 3.63) is 53.1 Å². The van der Waals surface area contributed by atoms with Crippen LogP contribution in [0.2, 0.25) is 5.02 Å². The predicted molar refractivity (Wildman–Crippen MR) is 73.0 cm³/mol. The summed E-state index contributed by atoms with van der Waals surface area (Å²) in [6, 6.07) is 6.17. The molecule has 106 valence electrons. The number of nitrogens with two attached hydrogens (primary N) is 1. The van der Waals surface area contributed by atoms with Gasteiger partial charge in [0.05, 0.1) is 16.4 Å². The molecule has 0 spiro atoms. The highest BCUT2D eigenvalue weighted by Gasteiger charge is 2.20. The van der Waals surface area contributed by atoms with Crippen molar-refractivity contribution in [2.45, 2.75) is 4.90 Å². The molecule has 0 radical (unpaired) electrons. The van der Waals surface area contributed by atoms with Gasteiger partial charge in [-0.3, -0.25) is 4.72 Å². The van der Waals surface area contributed by atoms with Gasteiger partial charge in [-0.25, -0.2) is 17.2 Å². The zero-order chi connectivity index (χ0) is 14.9. The lowest BCUT2D eigenvalue weighted by Crippen LogP contribution is -2.15. The number of sulfonamides is 1. The molecule has 20 heavy (non-hydrogen) atoms. The molecule has 4 nitrogen and oxygen atoms in total. The van der Waals surface area contributed by atoms with Crippen LogP contribution in [0, 0.1) is 11.6 Å². The SMILES string of the molecule is Nc1cc(NS(=O)(=O)c2cc(F)ccc2F)ccc1Cl. The lowest BCUT2D eigenvalue weighted by Gasteiger charge is -2.10. The maximum atomic E-state index is 13.5. The van der Waals surface area contributed by atoms with Crippen LogP contribution >= 0.6 is 11.6 Å².